The van der Waals surface area contributed by atoms with Gasteiger partial charge in [-0.25, -0.2) is 0 Å². The van der Waals surface area contributed by atoms with E-state index < -0.39 is 0 Å². The quantitative estimate of drug-likeness (QED) is 0.701. The Morgan fingerprint density at radius 2 is 2.27 bits per heavy atom. The normalized spacial score (nSPS) is 22.5. The molecule has 88 valence electrons. The second kappa shape index (κ2) is 6.80. The van der Waals surface area contributed by atoms with E-state index in [0.29, 0.717) is 12.6 Å². The molecule has 0 aromatic rings. The molecule has 4 heteroatoms. The molecular formula is C11H23N3O. The highest BCUT2D eigenvalue weighted by Gasteiger charge is 2.18. The van der Waals surface area contributed by atoms with Crippen LogP contribution in [0.5, 0.6) is 0 Å². The van der Waals surface area contributed by atoms with Gasteiger partial charge in [0.05, 0.1) is 6.54 Å². The number of carbonyl (C=O) groups excluding carboxylic acids is 1. The van der Waals surface area contributed by atoms with E-state index in [1.165, 1.54) is 12.8 Å². The third-order valence-corrected chi connectivity index (χ3v) is 2.94. The van der Waals surface area contributed by atoms with Crippen molar-refractivity contribution in [2.45, 2.75) is 32.2 Å². The molecule has 1 fully saturated rings. The highest BCUT2D eigenvalue weighted by Crippen LogP contribution is 2.10. The SMILES string of the molecule is CCNC(=O)CN(C)C1CCCNCC1. The smallest absolute Gasteiger partial charge is 0.234 e. The van der Waals surface area contributed by atoms with Gasteiger partial charge in [-0.3, -0.25) is 9.69 Å². The van der Waals surface area contributed by atoms with Gasteiger partial charge >= 0.3 is 0 Å². The summed E-state index contributed by atoms with van der Waals surface area (Å²) >= 11 is 0. The Labute approximate surface area is 92.4 Å². The summed E-state index contributed by atoms with van der Waals surface area (Å²) in [6, 6.07) is 0.558. The Balaban J connectivity index is 2.30. The monoisotopic (exact) mass is 213 g/mol. The number of rotatable bonds is 4. The molecule has 0 aromatic carbocycles. The molecule has 0 spiro atoms. The first-order valence-electron chi connectivity index (χ1n) is 5.91. The minimum atomic E-state index is 0.136. The molecule has 1 aliphatic rings. The van der Waals surface area contributed by atoms with Crippen molar-refractivity contribution in [1.82, 2.24) is 15.5 Å². The molecule has 1 amide bonds. The standard InChI is InChI=1S/C11H23N3O/c1-3-13-11(15)9-14(2)10-5-4-7-12-8-6-10/h10,12H,3-9H2,1-2H3,(H,13,15). The van der Waals surface area contributed by atoms with Gasteiger partial charge < -0.3 is 10.6 Å². The molecule has 0 aromatic heterocycles. The molecule has 1 unspecified atom stereocenters. The lowest BCUT2D eigenvalue weighted by molar-refractivity contribution is -0.122. The zero-order valence-electron chi connectivity index (χ0n) is 9.88. The van der Waals surface area contributed by atoms with Crippen molar-refractivity contribution < 1.29 is 4.79 Å². The molecular weight excluding hydrogens is 190 g/mol. The fourth-order valence-corrected chi connectivity index (χ4v) is 2.05. The summed E-state index contributed by atoms with van der Waals surface area (Å²) in [4.78, 5) is 13.6. The van der Waals surface area contributed by atoms with Crippen molar-refractivity contribution in [2.75, 3.05) is 33.2 Å². The van der Waals surface area contributed by atoms with Gasteiger partial charge in [0.15, 0.2) is 0 Å². The van der Waals surface area contributed by atoms with Gasteiger partial charge in [-0.2, -0.15) is 0 Å². The lowest BCUT2D eigenvalue weighted by atomic mass is 10.1. The van der Waals surface area contributed by atoms with E-state index in [4.69, 9.17) is 0 Å². The molecule has 4 nitrogen and oxygen atoms in total. The van der Waals surface area contributed by atoms with Crippen LogP contribution in [-0.4, -0.2) is 50.1 Å². The zero-order chi connectivity index (χ0) is 11.1. The number of likely N-dealkylation sites (N-methyl/N-ethyl adjacent to an activating group) is 2. The summed E-state index contributed by atoms with van der Waals surface area (Å²) in [6.07, 6.45) is 3.56. The Morgan fingerprint density at radius 3 is 3.00 bits per heavy atom. The van der Waals surface area contributed by atoms with Crippen molar-refractivity contribution in [1.29, 1.82) is 0 Å². The van der Waals surface area contributed by atoms with E-state index in [2.05, 4.69) is 15.5 Å². The van der Waals surface area contributed by atoms with Crippen LogP contribution in [0, 0.1) is 0 Å². The lowest BCUT2D eigenvalue weighted by Gasteiger charge is -2.26. The van der Waals surface area contributed by atoms with Crippen molar-refractivity contribution >= 4 is 5.91 Å². The number of amides is 1. The molecule has 0 aliphatic carbocycles. The first-order chi connectivity index (χ1) is 7.24. The van der Waals surface area contributed by atoms with Gasteiger partial charge in [0.25, 0.3) is 0 Å². The highest BCUT2D eigenvalue weighted by molar-refractivity contribution is 5.77. The van der Waals surface area contributed by atoms with E-state index in [1.807, 2.05) is 14.0 Å². The van der Waals surface area contributed by atoms with Crippen LogP contribution in [0.25, 0.3) is 0 Å². The first-order valence-corrected chi connectivity index (χ1v) is 5.91. The van der Waals surface area contributed by atoms with E-state index in [0.717, 1.165) is 26.1 Å². The summed E-state index contributed by atoms with van der Waals surface area (Å²) in [7, 11) is 2.05. The maximum atomic E-state index is 11.4. The minimum Gasteiger partial charge on any atom is -0.355 e. The van der Waals surface area contributed by atoms with Crippen LogP contribution >= 0.6 is 0 Å². The van der Waals surface area contributed by atoms with Crippen molar-refractivity contribution in [3.8, 4) is 0 Å². The second-order valence-corrected chi connectivity index (χ2v) is 4.20. The van der Waals surface area contributed by atoms with Crippen LogP contribution in [-0.2, 0) is 4.79 Å². The number of carbonyl (C=O) groups is 1. The van der Waals surface area contributed by atoms with Gasteiger partial charge in [0, 0.05) is 12.6 Å². The first kappa shape index (κ1) is 12.5. The van der Waals surface area contributed by atoms with Gasteiger partial charge in [-0.1, -0.05) is 0 Å². The molecule has 2 N–H and O–H groups in total. The Morgan fingerprint density at radius 1 is 1.47 bits per heavy atom. The zero-order valence-corrected chi connectivity index (χ0v) is 9.88. The fourth-order valence-electron chi connectivity index (χ4n) is 2.05. The summed E-state index contributed by atoms with van der Waals surface area (Å²) in [5, 5.41) is 6.22. The van der Waals surface area contributed by atoms with Crippen LogP contribution in [0.4, 0.5) is 0 Å². The van der Waals surface area contributed by atoms with Crippen LogP contribution in [0.3, 0.4) is 0 Å². The molecule has 0 radical (unpaired) electrons. The number of hydrogen-bond acceptors (Lipinski definition) is 3. The summed E-state index contributed by atoms with van der Waals surface area (Å²) < 4.78 is 0. The molecule has 1 rings (SSSR count). The van der Waals surface area contributed by atoms with Crippen LogP contribution in [0.2, 0.25) is 0 Å². The largest absolute Gasteiger partial charge is 0.355 e. The summed E-state index contributed by atoms with van der Waals surface area (Å²) in [5.74, 6) is 0.136. The van der Waals surface area contributed by atoms with Gasteiger partial charge in [-0.05, 0) is 46.3 Å². The van der Waals surface area contributed by atoms with Crippen LogP contribution in [0.1, 0.15) is 26.2 Å². The number of nitrogens with one attached hydrogen (secondary N) is 2. The van der Waals surface area contributed by atoms with E-state index in [9.17, 15) is 4.79 Å². The maximum Gasteiger partial charge on any atom is 0.234 e. The molecule has 0 bridgehead atoms. The number of nitrogens with zero attached hydrogens (tertiary/aromatic N) is 1. The van der Waals surface area contributed by atoms with E-state index in [-0.39, 0.29) is 5.91 Å². The van der Waals surface area contributed by atoms with Crippen molar-refractivity contribution in [2.24, 2.45) is 0 Å². The summed E-state index contributed by atoms with van der Waals surface area (Å²) in [5.41, 5.74) is 0. The molecule has 0 saturated carbocycles. The topological polar surface area (TPSA) is 44.4 Å². The molecule has 1 saturated heterocycles. The predicted octanol–water partition coefficient (Wildman–Crippen LogP) is 0.196. The number of hydrogen-bond donors (Lipinski definition) is 2. The average molecular weight is 213 g/mol. The van der Waals surface area contributed by atoms with Crippen molar-refractivity contribution in [3.05, 3.63) is 0 Å². The Hall–Kier alpha value is -0.610. The van der Waals surface area contributed by atoms with E-state index in [1.54, 1.807) is 0 Å². The van der Waals surface area contributed by atoms with Crippen molar-refractivity contribution in [3.63, 3.8) is 0 Å². The molecule has 15 heavy (non-hydrogen) atoms. The highest BCUT2D eigenvalue weighted by atomic mass is 16.2. The van der Waals surface area contributed by atoms with E-state index >= 15 is 0 Å². The average Bonchev–Trinajstić information content (AvgIpc) is 2.45. The molecule has 1 atom stereocenters. The third kappa shape index (κ3) is 4.62. The maximum absolute atomic E-state index is 11.4. The summed E-state index contributed by atoms with van der Waals surface area (Å²) in [6.45, 7) is 5.39. The Kier molecular flexibility index (Phi) is 5.65. The predicted molar refractivity (Wildman–Crippen MR) is 61.8 cm³/mol. The molecule has 1 heterocycles. The van der Waals surface area contributed by atoms with Gasteiger partial charge in [-0.15, -0.1) is 0 Å². The minimum absolute atomic E-state index is 0.136. The van der Waals surface area contributed by atoms with Gasteiger partial charge in [0.1, 0.15) is 0 Å². The van der Waals surface area contributed by atoms with Crippen LogP contribution in [0.15, 0.2) is 0 Å². The lowest BCUT2D eigenvalue weighted by Crippen LogP contribution is -2.40. The van der Waals surface area contributed by atoms with Crippen LogP contribution < -0.4 is 10.6 Å². The molecule has 1 aliphatic heterocycles. The Bertz CT molecular complexity index is 188. The fraction of sp³-hybridized carbons (Fsp3) is 0.909. The third-order valence-electron chi connectivity index (χ3n) is 2.94. The van der Waals surface area contributed by atoms with Gasteiger partial charge in [0.2, 0.25) is 5.91 Å². The second-order valence-electron chi connectivity index (χ2n) is 4.20.